The average molecular weight is 577 g/mol. The smallest absolute Gasteiger partial charge is 0.744 e. The Hall–Kier alpha value is -2.67. The number of nitro groups is 1. The number of nitrogen functional groups attached to an aromatic ring is 1. The standard InChI is InChI=1S/C19H12ClN8O7S.2Na/c20-17-23-18(21)25-19(24-17)22-10-3-1-2-8-6-13(36(33,34)35)15(16(30)14(8)10)27-26-11-7-9(28(31)32)4-5-12(11)29;;/h2-7,29-30H,(H,33,34,35)(H3,21,22,23,24,25);;/q-1;2*+1/p-1. The Labute approximate surface area is 262 Å². The van der Waals surface area contributed by atoms with Crippen molar-refractivity contribution >= 4 is 67.1 Å². The van der Waals surface area contributed by atoms with Gasteiger partial charge in [0.2, 0.25) is 17.2 Å². The third kappa shape index (κ3) is 6.85. The van der Waals surface area contributed by atoms with Crippen molar-refractivity contribution in [2.24, 2.45) is 10.2 Å². The third-order valence-corrected chi connectivity index (χ3v) is 5.59. The molecule has 3 aromatic carbocycles. The van der Waals surface area contributed by atoms with E-state index in [1.165, 1.54) is 12.1 Å². The van der Waals surface area contributed by atoms with Gasteiger partial charge in [0.05, 0.1) is 9.82 Å². The molecule has 38 heavy (non-hydrogen) atoms. The summed E-state index contributed by atoms with van der Waals surface area (Å²) in [7, 11) is -5.20. The molecule has 0 spiro atoms. The molecule has 0 saturated carbocycles. The van der Waals surface area contributed by atoms with E-state index in [4.69, 9.17) is 17.3 Å². The zero-order valence-electron chi connectivity index (χ0n) is 19.4. The maximum Gasteiger partial charge on any atom is 1.00 e. The van der Waals surface area contributed by atoms with E-state index in [0.717, 1.165) is 24.3 Å². The number of nitrogens with one attached hydrogen (secondary N) is 1. The maximum absolute atomic E-state index is 11.9. The molecular formula is C19H11ClN8Na2O7S. The van der Waals surface area contributed by atoms with Gasteiger partial charge in [0.25, 0.3) is 5.69 Å². The fourth-order valence-corrected chi connectivity index (χ4v) is 3.89. The summed E-state index contributed by atoms with van der Waals surface area (Å²) in [6.45, 7) is 0. The molecule has 184 valence electrons. The van der Waals surface area contributed by atoms with E-state index in [1.54, 1.807) is 0 Å². The van der Waals surface area contributed by atoms with Crippen LogP contribution < -0.4 is 70.2 Å². The van der Waals surface area contributed by atoms with Crippen molar-refractivity contribution < 1.29 is 87.2 Å². The molecule has 0 aliphatic carbocycles. The van der Waals surface area contributed by atoms with E-state index in [-0.39, 0.29) is 92.8 Å². The van der Waals surface area contributed by atoms with Gasteiger partial charge < -0.3 is 25.8 Å². The number of nitro benzene ring substituents is 1. The molecule has 0 unspecified atom stereocenters. The Morgan fingerprint density at radius 2 is 1.82 bits per heavy atom. The fraction of sp³-hybridized carbons (Fsp3) is 0. The van der Waals surface area contributed by atoms with Crippen LogP contribution in [0, 0.1) is 16.2 Å². The number of aromatic hydroxyl groups is 2. The first-order valence-electron chi connectivity index (χ1n) is 9.43. The van der Waals surface area contributed by atoms with E-state index < -0.39 is 48.5 Å². The number of phenolic OH excluding ortho intramolecular Hbond substituents is 2. The number of azo groups is 1. The van der Waals surface area contributed by atoms with Crippen LogP contribution in [0.4, 0.5) is 34.6 Å². The normalized spacial score (nSPS) is 11.1. The molecule has 0 saturated heterocycles. The van der Waals surface area contributed by atoms with Gasteiger partial charge in [-0.05, 0) is 17.7 Å². The third-order valence-electron chi connectivity index (χ3n) is 4.57. The number of nitrogens with two attached hydrogens (primary N) is 1. The topological polar surface area (TPSA) is 242 Å². The van der Waals surface area contributed by atoms with Gasteiger partial charge in [-0.2, -0.15) is 33.2 Å². The molecule has 4 rings (SSSR count). The summed E-state index contributed by atoms with van der Waals surface area (Å²) < 4.78 is 35.8. The second-order valence-corrected chi connectivity index (χ2v) is 8.59. The largest absolute Gasteiger partial charge is 1.00 e. The number of non-ortho nitro benzene ring substituents is 1. The molecule has 0 fully saturated rings. The summed E-state index contributed by atoms with van der Waals surface area (Å²) in [6.07, 6.45) is 0. The second-order valence-electron chi connectivity index (χ2n) is 6.90. The van der Waals surface area contributed by atoms with Gasteiger partial charge in [0, 0.05) is 12.1 Å². The number of anilines is 3. The van der Waals surface area contributed by atoms with Gasteiger partial charge in [-0.15, -0.1) is 15.6 Å². The van der Waals surface area contributed by atoms with Crippen molar-refractivity contribution in [3.05, 3.63) is 57.9 Å². The Bertz CT molecular complexity index is 1670. The van der Waals surface area contributed by atoms with Crippen LogP contribution in [0.15, 0.2) is 51.5 Å². The Morgan fingerprint density at radius 3 is 2.45 bits per heavy atom. The van der Waals surface area contributed by atoms with Crippen molar-refractivity contribution in [1.29, 1.82) is 0 Å². The molecule has 0 aliphatic rings. The van der Waals surface area contributed by atoms with Crippen molar-refractivity contribution in [3.8, 4) is 11.5 Å². The van der Waals surface area contributed by atoms with E-state index >= 15 is 0 Å². The predicted octanol–water partition coefficient (Wildman–Crippen LogP) is -2.55. The quantitative estimate of drug-likeness (QED) is 0.0463. The first-order chi connectivity index (χ1) is 16.9. The number of fused-ring (bicyclic) bond motifs is 1. The number of benzene rings is 3. The minimum absolute atomic E-state index is 0. The van der Waals surface area contributed by atoms with Crippen LogP contribution in [-0.2, 0) is 10.1 Å². The Morgan fingerprint density at radius 1 is 1.11 bits per heavy atom. The first-order valence-corrected chi connectivity index (χ1v) is 11.2. The van der Waals surface area contributed by atoms with Gasteiger partial charge in [0.15, 0.2) is 0 Å². The molecule has 1 aromatic heterocycles. The summed E-state index contributed by atoms with van der Waals surface area (Å²) >= 11 is 5.77. The minimum atomic E-state index is -5.20. The number of halogens is 1. The molecule has 1 heterocycles. The van der Waals surface area contributed by atoms with E-state index in [0.29, 0.717) is 0 Å². The number of nitrogens with zero attached hydrogens (tertiary/aromatic N) is 6. The molecule has 0 radical (unpaired) electrons. The van der Waals surface area contributed by atoms with E-state index in [2.05, 4.69) is 36.6 Å². The maximum atomic E-state index is 11.9. The molecule has 0 amide bonds. The monoisotopic (exact) mass is 576 g/mol. The molecule has 4 aromatic rings. The van der Waals surface area contributed by atoms with Gasteiger partial charge in [-0.1, -0.05) is 17.1 Å². The van der Waals surface area contributed by atoms with Crippen molar-refractivity contribution in [2.75, 3.05) is 11.1 Å². The van der Waals surface area contributed by atoms with Gasteiger partial charge in [-0.25, -0.2) is 8.42 Å². The van der Waals surface area contributed by atoms with Crippen LogP contribution in [0.1, 0.15) is 0 Å². The number of phenols is 2. The van der Waals surface area contributed by atoms with Gasteiger partial charge in [-0.3, -0.25) is 10.1 Å². The van der Waals surface area contributed by atoms with Crippen LogP contribution in [0.3, 0.4) is 0 Å². The Kier molecular flexibility index (Phi) is 10.3. The summed E-state index contributed by atoms with van der Waals surface area (Å²) in [5.74, 6) is -1.67. The molecule has 19 heteroatoms. The molecule has 5 N–H and O–H groups in total. The van der Waals surface area contributed by atoms with Crippen LogP contribution in [0.25, 0.3) is 10.8 Å². The SMILES string of the molecule is Nc1nc(Cl)nc(Nc2c[c-]cc3cc(S(=O)(=O)[O-])c(N=Nc4cc([N+](=O)[O-])ccc4O)c(O)c23)n1.[Na+].[Na+]. The summed E-state index contributed by atoms with van der Waals surface area (Å²) in [5.41, 5.74) is 3.97. The van der Waals surface area contributed by atoms with Gasteiger partial charge in [0.1, 0.15) is 33.0 Å². The predicted molar refractivity (Wildman–Crippen MR) is 124 cm³/mol. The first kappa shape index (κ1) is 31.5. The molecule has 0 bridgehead atoms. The van der Waals surface area contributed by atoms with Crippen LogP contribution >= 0.6 is 11.6 Å². The number of hydrogen-bond donors (Lipinski definition) is 4. The van der Waals surface area contributed by atoms with Crippen molar-refractivity contribution in [1.82, 2.24) is 15.0 Å². The average Bonchev–Trinajstić information content (AvgIpc) is 2.77. The van der Waals surface area contributed by atoms with Crippen LogP contribution in [0.5, 0.6) is 11.5 Å². The number of rotatable bonds is 6. The summed E-state index contributed by atoms with van der Waals surface area (Å²) in [6, 6.07) is 9.10. The zero-order valence-corrected chi connectivity index (χ0v) is 25.0. The van der Waals surface area contributed by atoms with E-state index in [1.807, 2.05) is 0 Å². The fourth-order valence-electron chi connectivity index (χ4n) is 3.07. The number of aromatic nitrogens is 3. The molecule has 0 atom stereocenters. The minimum Gasteiger partial charge on any atom is -0.744 e. The van der Waals surface area contributed by atoms with E-state index in [9.17, 15) is 33.3 Å². The van der Waals surface area contributed by atoms with Gasteiger partial charge >= 0.3 is 59.1 Å². The second kappa shape index (κ2) is 12.5. The molecular weight excluding hydrogens is 566 g/mol. The van der Waals surface area contributed by atoms with Crippen LogP contribution in [0.2, 0.25) is 5.28 Å². The summed E-state index contributed by atoms with van der Waals surface area (Å²) in [4.78, 5) is 20.6. The zero-order chi connectivity index (χ0) is 26.2. The van der Waals surface area contributed by atoms with Crippen molar-refractivity contribution in [2.45, 2.75) is 4.90 Å². The number of hydrogen-bond acceptors (Lipinski definition) is 14. The Balaban J connectivity index is 0.00000253. The van der Waals surface area contributed by atoms with Crippen molar-refractivity contribution in [3.63, 3.8) is 0 Å². The van der Waals surface area contributed by atoms with Crippen LogP contribution in [-0.4, -0.2) is 43.1 Å². The summed E-state index contributed by atoms with van der Waals surface area (Å²) in [5, 5.41) is 41.6. The molecule has 0 aliphatic heterocycles. The molecule has 15 nitrogen and oxygen atoms in total.